The van der Waals surface area contributed by atoms with E-state index in [2.05, 4.69) is 81.5 Å². The van der Waals surface area contributed by atoms with Crippen LogP contribution in [0.15, 0.2) is 60.8 Å². The third-order valence-electron chi connectivity index (χ3n) is 13.7. The first-order chi connectivity index (χ1) is 35.5. The van der Waals surface area contributed by atoms with Crippen LogP contribution in [0.4, 0.5) is 0 Å². The summed E-state index contributed by atoms with van der Waals surface area (Å²) in [6.07, 6.45) is 76.7. The number of hydrogen-bond donors (Lipinski definition) is 0. The van der Waals surface area contributed by atoms with Gasteiger partial charge in [0.2, 0.25) is 0 Å². The molecule has 0 aliphatic rings. The van der Waals surface area contributed by atoms with Crippen LogP contribution >= 0.6 is 0 Å². The fourth-order valence-corrected chi connectivity index (χ4v) is 9.01. The maximum Gasteiger partial charge on any atom is 0.306 e. The molecular formula is C66H118O6. The molecule has 0 rings (SSSR count). The lowest BCUT2D eigenvalue weighted by Crippen LogP contribution is -2.30. The summed E-state index contributed by atoms with van der Waals surface area (Å²) in [4.78, 5) is 38.1. The van der Waals surface area contributed by atoms with Crippen molar-refractivity contribution in [2.45, 2.75) is 329 Å². The van der Waals surface area contributed by atoms with Gasteiger partial charge >= 0.3 is 17.9 Å². The second kappa shape index (κ2) is 60.7. The van der Waals surface area contributed by atoms with Crippen molar-refractivity contribution >= 4 is 17.9 Å². The molecule has 0 bridgehead atoms. The molecular weight excluding hydrogens is 889 g/mol. The van der Waals surface area contributed by atoms with Gasteiger partial charge in [0.1, 0.15) is 13.2 Å². The molecule has 0 amide bonds. The molecule has 72 heavy (non-hydrogen) atoms. The summed E-state index contributed by atoms with van der Waals surface area (Å²) in [6.45, 7) is 6.61. The second-order valence-corrected chi connectivity index (χ2v) is 21.0. The third-order valence-corrected chi connectivity index (χ3v) is 13.7. The molecule has 0 spiro atoms. The van der Waals surface area contributed by atoms with E-state index in [0.29, 0.717) is 19.3 Å². The van der Waals surface area contributed by atoms with Crippen LogP contribution < -0.4 is 0 Å². The second-order valence-electron chi connectivity index (χ2n) is 21.0. The number of ether oxygens (including phenoxy) is 3. The van der Waals surface area contributed by atoms with Gasteiger partial charge in [0.15, 0.2) is 6.10 Å². The van der Waals surface area contributed by atoms with Crippen LogP contribution in [0.1, 0.15) is 323 Å². The van der Waals surface area contributed by atoms with E-state index in [4.69, 9.17) is 14.2 Å². The number of esters is 3. The quantitative estimate of drug-likeness (QED) is 0.0261. The van der Waals surface area contributed by atoms with Crippen LogP contribution in [0.2, 0.25) is 0 Å². The zero-order valence-electron chi connectivity index (χ0n) is 47.9. The molecule has 0 saturated carbocycles. The Bertz CT molecular complexity index is 1290. The summed E-state index contributed by atoms with van der Waals surface area (Å²) in [6, 6.07) is 0. The number of hydrogen-bond acceptors (Lipinski definition) is 6. The van der Waals surface area contributed by atoms with Gasteiger partial charge in [-0.25, -0.2) is 0 Å². The van der Waals surface area contributed by atoms with Crippen molar-refractivity contribution in [1.29, 1.82) is 0 Å². The van der Waals surface area contributed by atoms with E-state index in [1.165, 1.54) is 186 Å². The molecule has 1 unspecified atom stereocenters. The maximum absolute atomic E-state index is 12.8. The van der Waals surface area contributed by atoms with Crippen LogP contribution in [0.25, 0.3) is 0 Å². The van der Waals surface area contributed by atoms with E-state index >= 15 is 0 Å². The molecule has 0 aromatic rings. The molecule has 0 radical (unpaired) electrons. The topological polar surface area (TPSA) is 78.9 Å². The molecule has 1 atom stereocenters. The summed E-state index contributed by atoms with van der Waals surface area (Å²) in [7, 11) is 0. The molecule has 0 N–H and O–H groups in total. The van der Waals surface area contributed by atoms with Crippen LogP contribution in [-0.2, 0) is 28.6 Å². The molecule has 0 aromatic carbocycles. The summed E-state index contributed by atoms with van der Waals surface area (Å²) in [5.74, 6) is -0.881. The number of carbonyl (C=O) groups excluding carboxylic acids is 3. The summed E-state index contributed by atoms with van der Waals surface area (Å²) >= 11 is 0. The molecule has 6 heteroatoms. The molecule has 0 aliphatic heterocycles. The highest BCUT2D eigenvalue weighted by Crippen LogP contribution is 2.16. The smallest absolute Gasteiger partial charge is 0.306 e. The molecule has 0 aliphatic carbocycles. The van der Waals surface area contributed by atoms with Crippen LogP contribution in [0, 0.1) is 0 Å². The Hall–Kier alpha value is -2.89. The first-order valence-electron chi connectivity index (χ1n) is 31.3. The van der Waals surface area contributed by atoms with E-state index in [-0.39, 0.29) is 31.1 Å². The Labute approximate surface area is 447 Å². The zero-order valence-corrected chi connectivity index (χ0v) is 47.9. The molecule has 418 valence electrons. The Morgan fingerprint density at radius 3 is 0.792 bits per heavy atom. The van der Waals surface area contributed by atoms with Crippen molar-refractivity contribution in [1.82, 2.24) is 0 Å². The van der Waals surface area contributed by atoms with Crippen molar-refractivity contribution in [2.75, 3.05) is 13.2 Å². The van der Waals surface area contributed by atoms with Gasteiger partial charge in [-0.3, -0.25) is 14.4 Å². The first-order valence-corrected chi connectivity index (χ1v) is 31.3. The fraction of sp³-hybridized carbons (Fsp3) is 0.803. The molecule has 0 saturated heterocycles. The molecule has 0 fully saturated rings. The van der Waals surface area contributed by atoms with Crippen molar-refractivity contribution in [3.63, 3.8) is 0 Å². The van der Waals surface area contributed by atoms with Gasteiger partial charge in [0.25, 0.3) is 0 Å². The monoisotopic (exact) mass is 1010 g/mol. The summed E-state index contributed by atoms with van der Waals surface area (Å²) in [5.41, 5.74) is 0. The predicted octanol–water partition coefficient (Wildman–Crippen LogP) is 21.2. The highest BCUT2D eigenvalue weighted by molar-refractivity contribution is 5.71. The van der Waals surface area contributed by atoms with Gasteiger partial charge in [0, 0.05) is 19.3 Å². The average Bonchev–Trinajstić information content (AvgIpc) is 3.38. The molecule has 6 nitrogen and oxygen atoms in total. The van der Waals surface area contributed by atoms with Gasteiger partial charge in [-0.15, -0.1) is 0 Å². The Morgan fingerprint density at radius 2 is 0.500 bits per heavy atom. The van der Waals surface area contributed by atoms with Crippen LogP contribution in [-0.4, -0.2) is 37.2 Å². The van der Waals surface area contributed by atoms with E-state index < -0.39 is 6.10 Å². The molecule has 0 aromatic heterocycles. The van der Waals surface area contributed by atoms with Crippen molar-refractivity contribution < 1.29 is 28.6 Å². The SMILES string of the molecule is CCCCCC/C=C\C/C=C\CCCCCCCC(=O)OC(COC(=O)CCCCCCCCCCC)COC(=O)CCCCCCCCCCCCCCCC/C=C\C/C=C\C/C=C\CCCCCCC. The van der Waals surface area contributed by atoms with Gasteiger partial charge < -0.3 is 14.2 Å². The third kappa shape index (κ3) is 58.0. The number of allylic oxidation sites excluding steroid dienone is 10. The van der Waals surface area contributed by atoms with E-state index in [1.807, 2.05) is 0 Å². The Morgan fingerprint density at radius 1 is 0.278 bits per heavy atom. The van der Waals surface area contributed by atoms with Crippen molar-refractivity contribution in [3.8, 4) is 0 Å². The van der Waals surface area contributed by atoms with Gasteiger partial charge in [-0.1, -0.05) is 274 Å². The standard InChI is InChI=1S/C66H118O6/c1-4-7-10-13-16-19-21-23-25-27-28-29-30-31-32-33-34-35-36-37-38-39-41-42-44-47-50-53-56-59-65(68)71-62-63(61-70-64(67)58-55-52-49-46-18-15-12-9-6-3)72-66(69)60-57-54-51-48-45-43-40-26-24-22-20-17-14-11-8-5-2/h20-23,26-28,30-31,40,63H,4-19,24-25,29,32-39,41-62H2,1-3H3/b22-20-,23-21-,28-27-,31-30-,40-26-. The van der Waals surface area contributed by atoms with Crippen molar-refractivity contribution in [3.05, 3.63) is 60.8 Å². The lowest BCUT2D eigenvalue weighted by Gasteiger charge is -2.18. The van der Waals surface area contributed by atoms with E-state index in [1.54, 1.807) is 0 Å². The minimum Gasteiger partial charge on any atom is -0.462 e. The first kappa shape index (κ1) is 69.1. The van der Waals surface area contributed by atoms with Crippen molar-refractivity contribution in [2.24, 2.45) is 0 Å². The summed E-state index contributed by atoms with van der Waals surface area (Å²) in [5, 5.41) is 0. The van der Waals surface area contributed by atoms with E-state index in [9.17, 15) is 14.4 Å². The van der Waals surface area contributed by atoms with Gasteiger partial charge in [-0.2, -0.15) is 0 Å². The van der Waals surface area contributed by atoms with E-state index in [0.717, 1.165) is 96.3 Å². The maximum atomic E-state index is 12.8. The highest BCUT2D eigenvalue weighted by Gasteiger charge is 2.19. The molecule has 0 heterocycles. The fourth-order valence-electron chi connectivity index (χ4n) is 9.01. The normalized spacial score (nSPS) is 12.4. The number of carbonyl (C=O) groups is 3. The van der Waals surface area contributed by atoms with Crippen LogP contribution in [0.5, 0.6) is 0 Å². The lowest BCUT2D eigenvalue weighted by molar-refractivity contribution is -0.167. The highest BCUT2D eigenvalue weighted by atomic mass is 16.6. The van der Waals surface area contributed by atoms with Gasteiger partial charge in [0.05, 0.1) is 0 Å². The average molecular weight is 1010 g/mol. The van der Waals surface area contributed by atoms with Gasteiger partial charge in [-0.05, 0) is 89.9 Å². The predicted molar refractivity (Wildman–Crippen MR) is 312 cm³/mol. The Balaban J connectivity index is 4.15. The number of unbranched alkanes of at least 4 members (excludes halogenated alkanes) is 36. The van der Waals surface area contributed by atoms with Crippen LogP contribution in [0.3, 0.4) is 0 Å². The zero-order chi connectivity index (χ0) is 52.2. The summed E-state index contributed by atoms with van der Waals surface area (Å²) < 4.78 is 16.8. The Kier molecular flexibility index (Phi) is 58.2. The largest absolute Gasteiger partial charge is 0.462 e. The number of rotatable bonds is 57. The minimum absolute atomic E-state index is 0.0770. The lowest BCUT2D eigenvalue weighted by atomic mass is 10.0. The minimum atomic E-state index is -0.779.